The second kappa shape index (κ2) is 7.10. The van der Waals surface area contributed by atoms with Crippen molar-refractivity contribution in [3.8, 4) is 0 Å². The Morgan fingerprint density at radius 2 is 1.76 bits per heavy atom. The fourth-order valence-corrected chi connectivity index (χ4v) is 2.89. The van der Waals surface area contributed by atoms with Gasteiger partial charge in [-0.3, -0.25) is 4.79 Å². The van der Waals surface area contributed by atoms with E-state index in [-0.39, 0.29) is 11.3 Å². The number of carbonyl (C=O) groups is 1. The van der Waals surface area contributed by atoms with Gasteiger partial charge in [0.25, 0.3) is 0 Å². The van der Waals surface area contributed by atoms with E-state index in [9.17, 15) is 9.90 Å². The maximum atomic E-state index is 12.0. The summed E-state index contributed by atoms with van der Waals surface area (Å²) in [6.45, 7) is 9.81. The van der Waals surface area contributed by atoms with Crippen molar-refractivity contribution in [1.29, 1.82) is 0 Å². The second-order valence-corrected chi connectivity index (χ2v) is 8.37. The molecule has 4 N–H and O–H groups in total. The minimum absolute atomic E-state index is 0.0401. The van der Waals surface area contributed by atoms with Crippen LogP contribution in [0.5, 0.6) is 0 Å². The molecule has 21 heavy (non-hydrogen) atoms. The first-order valence-corrected chi connectivity index (χ1v) is 8.27. The van der Waals surface area contributed by atoms with Gasteiger partial charge in [-0.05, 0) is 55.9 Å². The van der Waals surface area contributed by atoms with Gasteiger partial charge in [-0.15, -0.1) is 0 Å². The zero-order chi connectivity index (χ0) is 16.1. The van der Waals surface area contributed by atoms with E-state index in [1.54, 1.807) is 0 Å². The van der Waals surface area contributed by atoms with Crippen LogP contribution < -0.4 is 11.1 Å². The van der Waals surface area contributed by atoms with Gasteiger partial charge in [-0.1, -0.05) is 27.7 Å². The molecule has 0 bridgehead atoms. The lowest BCUT2D eigenvalue weighted by atomic mass is 9.71. The number of amides is 1. The maximum Gasteiger partial charge on any atom is 0.220 e. The highest BCUT2D eigenvalue weighted by atomic mass is 16.3. The third-order valence-electron chi connectivity index (χ3n) is 5.00. The summed E-state index contributed by atoms with van der Waals surface area (Å²) >= 11 is 0. The number of aliphatic hydroxyl groups is 1. The van der Waals surface area contributed by atoms with Crippen LogP contribution in [-0.4, -0.2) is 29.7 Å². The highest BCUT2D eigenvalue weighted by Crippen LogP contribution is 2.39. The molecule has 0 heterocycles. The van der Waals surface area contributed by atoms with E-state index in [0.717, 1.165) is 38.5 Å². The first-order chi connectivity index (χ1) is 9.58. The zero-order valence-electron chi connectivity index (χ0n) is 14.3. The third kappa shape index (κ3) is 6.79. The van der Waals surface area contributed by atoms with Crippen LogP contribution in [0.25, 0.3) is 0 Å². The quantitative estimate of drug-likeness (QED) is 0.676. The van der Waals surface area contributed by atoms with E-state index in [1.807, 2.05) is 0 Å². The lowest BCUT2D eigenvalue weighted by molar-refractivity contribution is -0.123. The number of rotatable bonds is 7. The minimum atomic E-state index is -0.710. The number of hydrogen-bond acceptors (Lipinski definition) is 3. The van der Waals surface area contributed by atoms with E-state index >= 15 is 0 Å². The van der Waals surface area contributed by atoms with Crippen molar-refractivity contribution in [1.82, 2.24) is 5.32 Å². The first-order valence-electron chi connectivity index (χ1n) is 8.27. The van der Waals surface area contributed by atoms with Crippen LogP contribution in [0.4, 0.5) is 0 Å². The molecule has 0 atom stereocenters. The highest BCUT2D eigenvalue weighted by Gasteiger charge is 2.36. The lowest BCUT2D eigenvalue weighted by Crippen LogP contribution is -2.46. The molecule has 0 unspecified atom stereocenters. The molecule has 0 spiro atoms. The van der Waals surface area contributed by atoms with Crippen LogP contribution in [0.3, 0.4) is 0 Å². The molecule has 124 valence electrons. The molecule has 0 aromatic rings. The van der Waals surface area contributed by atoms with Crippen molar-refractivity contribution in [2.24, 2.45) is 16.6 Å². The molecule has 1 aliphatic carbocycles. The molecule has 0 aliphatic heterocycles. The van der Waals surface area contributed by atoms with Gasteiger partial charge in [-0.2, -0.15) is 0 Å². The summed E-state index contributed by atoms with van der Waals surface area (Å²) in [5.41, 5.74) is 5.30. The van der Waals surface area contributed by atoms with Gasteiger partial charge in [0.05, 0.1) is 5.60 Å². The molecule has 4 nitrogen and oxygen atoms in total. The molecular formula is C17H34N2O2. The van der Waals surface area contributed by atoms with Crippen LogP contribution in [-0.2, 0) is 4.79 Å². The van der Waals surface area contributed by atoms with Crippen molar-refractivity contribution >= 4 is 5.91 Å². The van der Waals surface area contributed by atoms with E-state index < -0.39 is 5.60 Å². The normalized spacial score (nSPS) is 21.0. The smallest absolute Gasteiger partial charge is 0.220 e. The van der Waals surface area contributed by atoms with Gasteiger partial charge < -0.3 is 16.2 Å². The lowest BCUT2D eigenvalue weighted by Gasteiger charge is -2.40. The Kier molecular flexibility index (Phi) is 6.23. The van der Waals surface area contributed by atoms with Crippen LogP contribution in [0.2, 0.25) is 0 Å². The predicted molar refractivity (Wildman–Crippen MR) is 86.9 cm³/mol. The highest BCUT2D eigenvalue weighted by molar-refractivity contribution is 5.75. The van der Waals surface area contributed by atoms with Gasteiger partial charge in [0.1, 0.15) is 0 Å². The van der Waals surface area contributed by atoms with Crippen LogP contribution >= 0.6 is 0 Å². The second-order valence-electron chi connectivity index (χ2n) is 8.37. The van der Waals surface area contributed by atoms with Crippen molar-refractivity contribution in [3.05, 3.63) is 0 Å². The van der Waals surface area contributed by atoms with Crippen molar-refractivity contribution in [3.63, 3.8) is 0 Å². The monoisotopic (exact) mass is 298 g/mol. The fraction of sp³-hybridized carbons (Fsp3) is 0.941. The Morgan fingerprint density at radius 1 is 1.19 bits per heavy atom. The molecule has 1 fully saturated rings. The standard InChI is InChI=1S/C17H34N2O2/c1-15(2,11-12-18)6-5-14(20)19-13-17(21)9-7-16(3,4)8-10-17/h21H,5-13,18H2,1-4H3,(H,19,20). The van der Waals surface area contributed by atoms with E-state index in [0.29, 0.717) is 24.9 Å². The molecule has 0 aromatic carbocycles. The van der Waals surface area contributed by atoms with Crippen LogP contribution in [0.15, 0.2) is 0 Å². The summed E-state index contributed by atoms with van der Waals surface area (Å²) in [6.07, 6.45) is 5.86. The van der Waals surface area contributed by atoms with Gasteiger partial charge >= 0.3 is 0 Å². The average molecular weight is 298 g/mol. The Morgan fingerprint density at radius 3 is 2.29 bits per heavy atom. The Labute approximate surface area is 129 Å². The predicted octanol–water partition coefficient (Wildman–Crippen LogP) is 2.59. The van der Waals surface area contributed by atoms with E-state index in [2.05, 4.69) is 33.0 Å². The molecule has 1 amide bonds. The maximum absolute atomic E-state index is 12.0. The van der Waals surface area contributed by atoms with Crippen molar-refractivity contribution < 1.29 is 9.90 Å². The third-order valence-corrected chi connectivity index (χ3v) is 5.00. The van der Waals surface area contributed by atoms with Gasteiger partial charge in [0.15, 0.2) is 0 Å². The Hall–Kier alpha value is -0.610. The molecule has 0 radical (unpaired) electrons. The van der Waals surface area contributed by atoms with Gasteiger partial charge in [-0.25, -0.2) is 0 Å². The number of nitrogens with one attached hydrogen (secondary N) is 1. The minimum Gasteiger partial charge on any atom is -0.388 e. The van der Waals surface area contributed by atoms with Crippen LogP contribution in [0.1, 0.15) is 72.6 Å². The Balaban J connectivity index is 2.30. The molecule has 1 saturated carbocycles. The molecule has 4 heteroatoms. The van der Waals surface area contributed by atoms with Crippen LogP contribution in [0, 0.1) is 10.8 Å². The van der Waals surface area contributed by atoms with E-state index in [4.69, 9.17) is 5.73 Å². The van der Waals surface area contributed by atoms with Crippen molar-refractivity contribution in [2.75, 3.05) is 13.1 Å². The molecule has 1 aliphatic rings. The summed E-state index contributed by atoms with van der Waals surface area (Å²) in [5, 5.41) is 13.4. The van der Waals surface area contributed by atoms with E-state index in [1.165, 1.54) is 0 Å². The Bertz CT molecular complexity index is 341. The van der Waals surface area contributed by atoms with Gasteiger partial charge in [0, 0.05) is 13.0 Å². The zero-order valence-corrected chi connectivity index (χ0v) is 14.3. The van der Waals surface area contributed by atoms with Gasteiger partial charge in [0.2, 0.25) is 5.91 Å². The molecule has 1 rings (SSSR count). The average Bonchev–Trinajstić information content (AvgIpc) is 2.38. The molecular weight excluding hydrogens is 264 g/mol. The summed E-state index contributed by atoms with van der Waals surface area (Å²) in [5.74, 6) is 0.0401. The summed E-state index contributed by atoms with van der Waals surface area (Å²) in [4.78, 5) is 12.0. The summed E-state index contributed by atoms with van der Waals surface area (Å²) in [6, 6.07) is 0. The number of carbonyl (C=O) groups excluding carboxylic acids is 1. The largest absolute Gasteiger partial charge is 0.388 e. The fourth-order valence-electron chi connectivity index (χ4n) is 2.89. The number of hydrogen-bond donors (Lipinski definition) is 3. The van der Waals surface area contributed by atoms with Crippen molar-refractivity contribution in [2.45, 2.75) is 78.2 Å². The SMILES string of the molecule is CC(C)(CCN)CCC(=O)NCC1(O)CCC(C)(C)CC1. The molecule has 0 saturated heterocycles. The summed E-state index contributed by atoms with van der Waals surface area (Å²) < 4.78 is 0. The summed E-state index contributed by atoms with van der Waals surface area (Å²) in [7, 11) is 0. The number of nitrogens with two attached hydrogens (primary N) is 1. The topological polar surface area (TPSA) is 75.4 Å². The molecule has 0 aromatic heterocycles. The first kappa shape index (κ1) is 18.4.